The lowest BCUT2D eigenvalue weighted by Gasteiger charge is -2.02. The van der Waals surface area contributed by atoms with Gasteiger partial charge in [0.25, 0.3) is 0 Å². The molecule has 74 valence electrons. The first-order chi connectivity index (χ1) is 6.22. The summed E-state index contributed by atoms with van der Waals surface area (Å²) in [6.45, 7) is 1.91. The summed E-state index contributed by atoms with van der Waals surface area (Å²) < 4.78 is 0. The lowest BCUT2D eigenvalue weighted by Crippen LogP contribution is -2.22. The zero-order valence-electron chi connectivity index (χ0n) is 8.04. The van der Waals surface area contributed by atoms with Crippen LogP contribution in [0.25, 0.3) is 0 Å². The predicted molar refractivity (Wildman–Crippen MR) is 56.1 cm³/mol. The fourth-order valence-electron chi connectivity index (χ4n) is 1.19. The number of hydrogen-bond donors (Lipinski definition) is 1. The van der Waals surface area contributed by atoms with Crippen molar-refractivity contribution in [1.82, 2.24) is 10.3 Å². The van der Waals surface area contributed by atoms with Gasteiger partial charge in [0.05, 0.1) is 11.5 Å². The maximum absolute atomic E-state index is 11.0. The molecule has 5 heteroatoms. The summed E-state index contributed by atoms with van der Waals surface area (Å²) in [5, 5.41) is 4.05. The van der Waals surface area contributed by atoms with Crippen LogP contribution in [0.1, 0.15) is 6.42 Å². The number of hydrogen-bond acceptors (Lipinski definition) is 4. The molecular formula is C8H15N3OS. The van der Waals surface area contributed by atoms with Crippen LogP contribution < -0.4 is 5.43 Å². The van der Waals surface area contributed by atoms with Crippen LogP contribution >= 0.6 is 11.8 Å². The number of nitrogens with one attached hydrogen (secondary N) is 1. The van der Waals surface area contributed by atoms with Gasteiger partial charge in [-0.3, -0.25) is 4.79 Å². The van der Waals surface area contributed by atoms with Crippen LogP contribution in [-0.4, -0.2) is 48.7 Å². The van der Waals surface area contributed by atoms with Gasteiger partial charge in [-0.25, -0.2) is 5.43 Å². The number of rotatable bonds is 3. The molecule has 13 heavy (non-hydrogen) atoms. The topological polar surface area (TPSA) is 44.7 Å². The van der Waals surface area contributed by atoms with Crippen LogP contribution in [0.4, 0.5) is 0 Å². The lowest BCUT2D eigenvalue weighted by atomic mass is 10.3. The van der Waals surface area contributed by atoms with E-state index in [0.29, 0.717) is 5.75 Å². The van der Waals surface area contributed by atoms with Crippen molar-refractivity contribution in [3.63, 3.8) is 0 Å². The van der Waals surface area contributed by atoms with Crippen molar-refractivity contribution in [3.05, 3.63) is 0 Å². The molecule has 0 aromatic rings. The smallest absolute Gasteiger partial charge is 0.250 e. The molecule has 1 aliphatic heterocycles. The van der Waals surface area contributed by atoms with E-state index in [2.05, 4.69) is 15.4 Å². The van der Waals surface area contributed by atoms with E-state index < -0.39 is 0 Å². The molecule has 0 aliphatic carbocycles. The maximum atomic E-state index is 11.0. The first-order valence-electron chi connectivity index (χ1n) is 4.24. The minimum absolute atomic E-state index is 0.0189. The number of carbonyl (C=O) groups excluding carboxylic acids is 1. The molecule has 1 saturated heterocycles. The summed E-state index contributed by atoms with van der Waals surface area (Å²) in [4.78, 5) is 13.2. The molecular weight excluding hydrogens is 186 g/mol. The van der Waals surface area contributed by atoms with Crippen LogP contribution in [0.15, 0.2) is 5.10 Å². The fourth-order valence-corrected chi connectivity index (χ4v) is 1.51. The van der Waals surface area contributed by atoms with E-state index in [-0.39, 0.29) is 5.91 Å². The standard InChI is InChI=1S/C8H15N3OS/c1-11-4-3-7(5-11)9-10-8(12)6-13-2/h3-6H2,1-2H3,(H,10,12)/b9-7-. The van der Waals surface area contributed by atoms with Crippen LogP contribution in [0.3, 0.4) is 0 Å². The Labute approximate surface area is 82.7 Å². The Morgan fingerprint density at radius 1 is 1.77 bits per heavy atom. The summed E-state index contributed by atoms with van der Waals surface area (Å²) in [5.74, 6) is 0.460. The monoisotopic (exact) mass is 201 g/mol. The minimum Gasteiger partial charge on any atom is -0.300 e. The zero-order chi connectivity index (χ0) is 9.68. The molecule has 0 atom stereocenters. The van der Waals surface area contributed by atoms with Gasteiger partial charge in [-0.05, 0) is 13.3 Å². The van der Waals surface area contributed by atoms with Gasteiger partial charge in [-0.2, -0.15) is 16.9 Å². The third kappa shape index (κ3) is 3.78. The zero-order valence-corrected chi connectivity index (χ0v) is 8.86. The third-order valence-corrected chi connectivity index (χ3v) is 2.40. The third-order valence-electron chi connectivity index (χ3n) is 1.85. The van der Waals surface area contributed by atoms with Crippen molar-refractivity contribution in [2.45, 2.75) is 6.42 Å². The molecule has 0 aromatic heterocycles. The largest absolute Gasteiger partial charge is 0.300 e. The Morgan fingerprint density at radius 3 is 3.08 bits per heavy atom. The van der Waals surface area contributed by atoms with Gasteiger partial charge in [0.15, 0.2) is 0 Å². The Balaban J connectivity index is 2.27. The first-order valence-corrected chi connectivity index (χ1v) is 5.63. The summed E-state index contributed by atoms with van der Waals surface area (Å²) in [5.41, 5.74) is 3.61. The summed E-state index contributed by atoms with van der Waals surface area (Å²) in [6, 6.07) is 0. The van der Waals surface area contributed by atoms with Crippen LogP contribution in [0.2, 0.25) is 0 Å². The van der Waals surface area contributed by atoms with Crippen molar-refractivity contribution in [2.24, 2.45) is 5.10 Å². The second-order valence-corrected chi connectivity index (χ2v) is 4.00. The van der Waals surface area contributed by atoms with Gasteiger partial charge >= 0.3 is 0 Å². The van der Waals surface area contributed by atoms with Crippen LogP contribution in [0.5, 0.6) is 0 Å². The molecule has 0 aromatic carbocycles. The van der Waals surface area contributed by atoms with Crippen LogP contribution in [0, 0.1) is 0 Å². The highest BCUT2D eigenvalue weighted by Crippen LogP contribution is 2.01. The van der Waals surface area contributed by atoms with Gasteiger partial charge in [-0.1, -0.05) is 0 Å². The minimum atomic E-state index is -0.0189. The van der Waals surface area contributed by atoms with E-state index in [9.17, 15) is 4.79 Å². The highest BCUT2D eigenvalue weighted by atomic mass is 32.2. The van der Waals surface area contributed by atoms with Crippen molar-refractivity contribution in [3.8, 4) is 0 Å². The second-order valence-electron chi connectivity index (χ2n) is 3.13. The molecule has 0 bridgehead atoms. The second kappa shape index (κ2) is 5.24. The molecule has 4 nitrogen and oxygen atoms in total. The molecule has 0 spiro atoms. The summed E-state index contributed by atoms with van der Waals surface area (Å²) >= 11 is 1.50. The normalized spacial score (nSPS) is 20.9. The number of nitrogens with zero attached hydrogens (tertiary/aromatic N) is 2. The Morgan fingerprint density at radius 2 is 2.54 bits per heavy atom. The van der Waals surface area contributed by atoms with E-state index >= 15 is 0 Å². The number of likely N-dealkylation sites (tertiary alicyclic amines) is 1. The quantitative estimate of drug-likeness (QED) is 0.661. The Kier molecular flexibility index (Phi) is 4.24. The van der Waals surface area contributed by atoms with E-state index in [1.807, 2.05) is 13.3 Å². The number of hydrazone groups is 1. The Bertz CT molecular complexity index is 217. The van der Waals surface area contributed by atoms with Gasteiger partial charge in [0.1, 0.15) is 0 Å². The fraction of sp³-hybridized carbons (Fsp3) is 0.750. The van der Waals surface area contributed by atoms with Crippen molar-refractivity contribution < 1.29 is 4.79 Å². The van der Waals surface area contributed by atoms with Crippen molar-refractivity contribution in [2.75, 3.05) is 32.1 Å². The molecule has 1 fully saturated rings. The maximum Gasteiger partial charge on any atom is 0.250 e. The van der Waals surface area contributed by atoms with E-state index in [1.165, 1.54) is 11.8 Å². The lowest BCUT2D eigenvalue weighted by molar-refractivity contribution is -0.118. The van der Waals surface area contributed by atoms with Gasteiger partial charge < -0.3 is 4.90 Å². The van der Waals surface area contributed by atoms with Crippen molar-refractivity contribution in [1.29, 1.82) is 0 Å². The van der Waals surface area contributed by atoms with Gasteiger partial charge in [0.2, 0.25) is 5.91 Å². The average Bonchev–Trinajstić information content (AvgIpc) is 2.49. The molecule has 1 N–H and O–H groups in total. The average molecular weight is 201 g/mol. The SMILES string of the molecule is CSCC(=O)N/N=C1/CCN(C)C1. The highest BCUT2D eigenvalue weighted by Gasteiger charge is 2.13. The summed E-state index contributed by atoms with van der Waals surface area (Å²) in [6.07, 6.45) is 2.87. The molecule has 0 unspecified atom stereocenters. The van der Waals surface area contributed by atoms with Crippen molar-refractivity contribution >= 4 is 23.4 Å². The van der Waals surface area contributed by atoms with E-state index in [1.54, 1.807) is 0 Å². The molecule has 1 amide bonds. The number of thioether (sulfide) groups is 1. The molecule has 1 heterocycles. The first kappa shape index (κ1) is 10.5. The van der Waals surface area contributed by atoms with Crippen LogP contribution in [-0.2, 0) is 4.79 Å². The highest BCUT2D eigenvalue weighted by molar-refractivity contribution is 7.99. The van der Waals surface area contributed by atoms with E-state index in [4.69, 9.17) is 0 Å². The van der Waals surface area contributed by atoms with Gasteiger partial charge in [0, 0.05) is 19.5 Å². The predicted octanol–water partition coefficient (Wildman–Crippen LogP) is 0.157. The molecule has 1 aliphatic rings. The molecule has 0 radical (unpaired) electrons. The number of carbonyl (C=O) groups is 1. The summed E-state index contributed by atoms with van der Waals surface area (Å²) in [7, 11) is 2.05. The number of amides is 1. The van der Waals surface area contributed by atoms with E-state index in [0.717, 1.165) is 25.2 Å². The Hall–Kier alpha value is -0.550. The van der Waals surface area contributed by atoms with Gasteiger partial charge in [-0.15, -0.1) is 0 Å². The molecule has 1 rings (SSSR count). The molecule has 0 saturated carbocycles.